The Hall–Kier alpha value is -3.09. The van der Waals surface area contributed by atoms with Crippen LogP contribution in [0, 0.1) is 5.92 Å². The minimum absolute atomic E-state index is 0.0176. The van der Waals surface area contributed by atoms with Gasteiger partial charge in [0.15, 0.2) is 17.3 Å². The van der Waals surface area contributed by atoms with E-state index in [2.05, 4.69) is 35.9 Å². The van der Waals surface area contributed by atoms with Crippen molar-refractivity contribution in [3.05, 3.63) is 30.1 Å². The lowest BCUT2D eigenvalue weighted by Crippen LogP contribution is -2.50. The van der Waals surface area contributed by atoms with Crippen molar-refractivity contribution < 1.29 is 18.0 Å². The minimum atomic E-state index is -3.53. The lowest BCUT2D eigenvalue weighted by Gasteiger charge is -2.21. The summed E-state index contributed by atoms with van der Waals surface area (Å²) in [6.45, 7) is 0. The van der Waals surface area contributed by atoms with Crippen molar-refractivity contribution in [1.29, 1.82) is 0 Å². The number of aromatic nitrogens is 3. The fourth-order valence-corrected chi connectivity index (χ4v) is 4.41. The molecule has 0 radical (unpaired) electrons. The molecule has 0 aromatic carbocycles. The predicted molar refractivity (Wildman–Crippen MR) is 132 cm³/mol. The second-order valence-electron chi connectivity index (χ2n) is 9.33. The summed E-state index contributed by atoms with van der Waals surface area (Å²) in [4.78, 5) is 29.3. The zero-order valence-corrected chi connectivity index (χ0v) is 19.5. The van der Waals surface area contributed by atoms with E-state index in [-0.39, 0.29) is 40.5 Å². The highest BCUT2D eigenvalue weighted by atomic mass is 32.2. The van der Waals surface area contributed by atoms with Gasteiger partial charge in [0.1, 0.15) is 23.5 Å². The van der Waals surface area contributed by atoms with Crippen molar-refractivity contribution in [2.45, 2.75) is 36.2 Å². The Bertz CT molecular complexity index is 1200. The summed E-state index contributed by atoms with van der Waals surface area (Å²) in [5.74, 6) is -0.297. The van der Waals surface area contributed by atoms with E-state index >= 15 is 0 Å². The molecule has 2 amide bonds. The van der Waals surface area contributed by atoms with E-state index in [0.717, 1.165) is 12.8 Å². The van der Waals surface area contributed by atoms with Crippen molar-refractivity contribution >= 4 is 68.4 Å². The molecule has 2 heterocycles. The number of carbonyl (C=O) groups is 2. The first-order valence-corrected chi connectivity index (χ1v) is 12.3. The standard InChI is InChI=1S/C18H24B3N7O4S/c19-18(20,21)25-17(30)14-12(8-13(26-27-14)24-16(29)9-3-4-9)23-15-11(2-1-7-22-15)28-33(31,32)10-5-6-10/h1-2,7-10,28H,3-6,19-21H2,(H,25,30)(H2,22,23,24,26,29). The summed E-state index contributed by atoms with van der Waals surface area (Å²) < 4.78 is 27.5. The van der Waals surface area contributed by atoms with Gasteiger partial charge in [-0.25, -0.2) is 13.4 Å². The van der Waals surface area contributed by atoms with Crippen LogP contribution >= 0.6 is 0 Å². The summed E-state index contributed by atoms with van der Waals surface area (Å²) in [6, 6.07) is 4.67. The number of carbonyl (C=O) groups excluding carboxylic acids is 2. The Labute approximate surface area is 194 Å². The van der Waals surface area contributed by atoms with E-state index in [9.17, 15) is 18.0 Å². The highest BCUT2D eigenvalue weighted by molar-refractivity contribution is 7.93. The molecule has 15 heteroatoms. The van der Waals surface area contributed by atoms with E-state index in [4.69, 9.17) is 0 Å². The molecule has 0 atom stereocenters. The van der Waals surface area contributed by atoms with Crippen LogP contribution in [-0.2, 0) is 14.8 Å². The van der Waals surface area contributed by atoms with Gasteiger partial charge in [0, 0.05) is 18.2 Å². The van der Waals surface area contributed by atoms with Crippen LogP contribution in [0.4, 0.5) is 23.0 Å². The molecular weight excluding hydrogens is 443 g/mol. The molecule has 2 aliphatic rings. The molecule has 0 saturated heterocycles. The Morgan fingerprint density at radius 2 is 1.79 bits per heavy atom. The first kappa shape index (κ1) is 23.1. The van der Waals surface area contributed by atoms with E-state index in [1.165, 1.54) is 12.3 Å². The first-order chi connectivity index (χ1) is 15.5. The number of sulfonamides is 1. The topological polar surface area (TPSA) is 155 Å². The van der Waals surface area contributed by atoms with Gasteiger partial charge in [-0.3, -0.25) is 14.3 Å². The number of pyridine rings is 1. The highest BCUT2D eigenvalue weighted by Gasteiger charge is 2.36. The van der Waals surface area contributed by atoms with Crippen LogP contribution < -0.4 is 20.7 Å². The first-order valence-electron chi connectivity index (χ1n) is 10.8. The molecule has 2 aliphatic carbocycles. The van der Waals surface area contributed by atoms with E-state index < -0.39 is 26.4 Å². The highest BCUT2D eigenvalue weighted by Crippen LogP contribution is 2.33. The number of rotatable bonds is 9. The molecule has 2 fully saturated rings. The second kappa shape index (κ2) is 8.69. The normalized spacial score (nSPS) is 16.0. The SMILES string of the molecule is BC(B)(B)NC(=O)c1nnc(NC(=O)C2CC2)cc1Nc1ncccc1NS(=O)(=O)C1CC1. The maximum Gasteiger partial charge on any atom is 0.272 e. The number of hydrogen-bond donors (Lipinski definition) is 4. The van der Waals surface area contributed by atoms with Gasteiger partial charge in [-0.2, -0.15) is 0 Å². The van der Waals surface area contributed by atoms with Crippen molar-refractivity contribution in [3.8, 4) is 0 Å². The summed E-state index contributed by atoms with van der Waals surface area (Å²) in [5.41, 5.74) is 0.450. The molecule has 4 N–H and O–H groups in total. The van der Waals surface area contributed by atoms with Crippen molar-refractivity contribution in [2.75, 3.05) is 15.4 Å². The molecule has 2 saturated carbocycles. The Morgan fingerprint density at radius 1 is 1.06 bits per heavy atom. The zero-order chi connectivity index (χ0) is 23.8. The molecular formula is C18H24B3N7O4S. The van der Waals surface area contributed by atoms with Gasteiger partial charge in [-0.1, -0.05) is 0 Å². The molecule has 33 heavy (non-hydrogen) atoms. The van der Waals surface area contributed by atoms with Gasteiger partial charge in [0.05, 0.1) is 16.6 Å². The Morgan fingerprint density at radius 3 is 2.42 bits per heavy atom. The Balaban J connectivity index is 1.65. The number of nitrogens with zero attached hydrogens (tertiary/aromatic N) is 3. The minimum Gasteiger partial charge on any atom is -0.368 e. The van der Waals surface area contributed by atoms with E-state index in [1.54, 1.807) is 12.1 Å². The smallest absolute Gasteiger partial charge is 0.272 e. The van der Waals surface area contributed by atoms with Crippen LogP contribution in [-0.4, -0.2) is 69.4 Å². The number of hydrogen-bond acceptors (Lipinski definition) is 8. The van der Waals surface area contributed by atoms with Gasteiger partial charge in [-0.15, -0.1) is 10.2 Å². The van der Waals surface area contributed by atoms with Crippen molar-refractivity contribution in [1.82, 2.24) is 20.5 Å². The molecule has 0 unspecified atom stereocenters. The van der Waals surface area contributed by atoms with Gasteiger partial charge < -0.3 is 16.0 Å². The zero-order valence-electron chi connectivity index (χ0n) is 18.7. The monoisotopic (exact) mass is 467 g/mol. The largest absolute Gasteiger partial charge is 0.368 e. The summed E-state index contributed by atoms with van der Waals surface area (Å²) in [5, 5.41) is 15.6. The average molecular weight is 467 g/mol. The molecule has 0 spiro atoms. The molecule has 2 aromatic rings. The third-order valence-corrected chi connectivity index (χ3v) is 6.83. The lowest BCUT2D eigenvalue weighted by atomic mass is 9.49. The molecule has 0 aliphatic heterocycles. The summed E-state index contributed by atoms with van der Waals surface area (Å²) in [7, 11) is 1.97. The maximum atomic E-state index is 12.9. The third-order valence-electron chi connectivity index (χ3n) is 4.97. The van der Waals surface area contributed by atoms with E-state index in [0.29, 0.717) is 12.8 Å². The quantitative estimate of drug-likeness (QED) is 0.312. The third kappa shape index (κ3) is 6.03. The fraction of sp³-hybridized carbons (Fsp3) is 0.389. The van der Waals surface area contributed by atoms with Crippen LogP contribution in [0.25, 0.3) is 0 Å². The van der Waals surface area contributed by atoms with E-state index in [1.807, 2.05) is 23.5 Å². The van der Waals surface area contributed by atoms with Crippen LogP contribution in [0.2, 0.25) is 0 Å². The molecule has 170 valence electrons. The number of nitrogens with one attached hydrogen (secondary N) is 4. The molecule has 11 nitrogen and oxygen atoms in total. The van der Waals surface area contributed by atoms with Crippen LogP contribution in [0.15, 0.2) is 24.4 Å². The van der Waals surface area contributed by atoms with Gasteiger partial charge >= 0.3 is 0 Å². The number of anilines is 4. The van der Waals surface area contributed by atoms with Gasteiger partial charge in [0.25, 0.3) is 5.91 Å². The summed E-state index contributed by atoms with van der Waals surface area (Å²) >= 11 is 0. The van der Waals surface area contributed by atoms with Crippen LogP contribution in [0.3, 0.4) is 0 Å². The molecule has 0 bridgehead atoms. The van der Waals surface area contributed by atoms with Crippen LogP contribution in [0.1, 0.15) is 36.2 Å². The van der Waals surface area contributed by atoms with Gasteiger partial charge in [0.2, 0.25) is 15.9 Å². The predicted octanol–water partition coefficient (Wildman–Crippen LogP) is -1.89. The second-order valence-corrected chi connectivity index (χ2v) is 11.3. The molecule has 4 rings (SSSR count). The van der Waals surface area contributed by atoms with Crippen molar-refractivity contribution in [2.24, 2.45) is 5.92 Å². The van der Waals surface area contributed by atoms with Gasteiger partial charge in [-0.05, 0) is 43.1 Å². The average Bonchev–Trinajstić information content (AvgIpc) is 3.61. The lowest BCUT2D eigenvalue weighted by molar-refractivity contribution is -0.117. The molecule has 2 aromatic heterocycles. The van der Waals surface area contributed by atoms with Crippen molar-refractivity contribution in [3.63, 3.8) is 0 Å². The van der Waals surface area contributed by atoms with Crippen LogP contribution in [0.5, 0.6) is 0 Å². The Kier molecular flexibility index (Phi) is 6.08. The maximum absolute atomic E-state index is 12.9. The summed E-state index contributed by atoms with van der Waals surface area (Å²) in [6.07, 6.45) is 4.39. The fourth-order valence-electron chi connectivity index (χ4n) is 3.02. The number of amides is 2.